The number of carbonyl (C=O) groups is 1. The molecule has 0 spiro atoms. The van der Waals surface area contributed by atoms with Crippen LogP contribution in [0, 0.1) is 0 Å². The molecule has 2 aromatic rings. The fraction of sp³-hybridized carbons (Fsp3) is 0.278. The number of carbonyl (C=O) groups excluding carboxylic acids is 1. The molecule has 0 N–H and O–H groups in total. The van der Waals surface area contributed by atoms with Crippen LogP contribution in [0.15, 0.2) is 42.5 Å². The van der Waals surface area contributed by atoms with Crippen molar-refractivity contribution in [2.75, 3.05) is 20.5 Å². The maximum Gasteiger partial charge on any atom is 0.231 e. The smallest absolute Gasteiger partial charge is 0.231 e. The minimum absolute atomic E-state index is 0.289. The molecule has 0 radical (unpaired) electrons. The van der Waals surface area contributed by atoms with Crippen molar-refractivity contribution in [2.24, 2.45) is 0 Å². The van der Waals surface area contributed by atoms with Crippen LogP contribution in [0.1, 0.15) is 12.5 Å². The lowest BCUT2D eigenvalue weighted by atomic mass is 10.0. The molecule has 116 valence electrons. The molecular formula is C18H20O4. The lowest BCUT2D eigenvalue weighted by Crippen LogP contribution is -1.92. The molecule has 0 bridgehead atoms. The van der Waals surface area contributed by atoms with E-state index in [1.165, 1.54) is 0 Å². The summed E-state index contributed by atoms with van der Waals surface area (Å²) in [6.07, 6.45) is 1.37. The molecule has 2 aromatic carbocycles. The quantitative estimate of drug-likeness (QED) is 0.811. The van der Waals surface area contributed by atoms with Gasteiger partial charge in [-0.1, -0.05) is 30.3 Å². The van der Waals surface area contributed by atoms with Crippen LogP contribution in [-0.2, 0) is 16.0 Å². The van der Waals surface area contributed by atoms with Crippen LogP contribution in [0.25, 0.3) is 11.1 Å². The van der Waals surface area contributed by atoms with Gasteiger partial charge in [-0.05, 0) is 35.7 Å². The Balaban J connectivity index is 0.000000396. The van der Waals surface area contributed by atoms with Crippen LogP contribution in [0.4, 0.5) is 0 Å². The summed E-state index contributed by atoms with van der Waals surface area (Å²) in [4.78, 5) is 10.4. The first-order valence-corrected chi connectivity index (χ1v) is 7.20. The molecular weight excluding hydrogens is 280 g/mol. The van der Waals surface area contributed by atoms with E-state index < -0.39 is 0 Å². The van der Waals surface area contributed by atoms with Gasteiger partial charge in [0.2, 0.25) is 6.79 Å². The van der Waals surface area contributed by atoms with Crippen LogP contribution in [0.3, 0.4) is 0 Å². The zero-order valence-corrected chi connectivity index (χ0v) is 12.9. The van der Waals surface area contributed by atoms with Gasteiger partial charge in [0.15, 0.2) is 11.5 Å². The monoisotopic (exact) mass is 300 g/mol. The highest BCUT2D eigenvalue weighted by atomic mass is 16.7. The highest BCUT2D eigenvalue weighted by molar-refractivity contribution is 5.68. The van der Waals surface area contributed by atoms with Gasteiger partial charge in [0.1, 0.15) is 6.29 Å². The summed E-state index contributed by atoms with van der Waals surface area (Å²) in [6.45, 7) is 3.07. The number of rotatable bonds is 4. The van der Waals surface area contributed by atoms with Crippen LogP contribution in [0.5, 0.6) is 11.5 Å². The second kappa shape index (κ2) is 8.20. The van der Waals surface area contributed by atoms with Crippen molar-refractivity contribution in [3.8, 4) is 22.6 Å². The maximum atomic E-state index is 10.4. The SMILES string of the molecule is CCOC.O=CCc1ccc(-c2ccc3c(c2)OCO3)cc1. The van der Waals surface area contributed by atoms with Crippen molar-refractivity contribution in [1.29, 1.82) is 0 Å². The molecule has 0 fully saturated rings. The number of aldehydes is 1. The Hall–Kier alpha value is -2.33. The van der Waals surface area contributed by atoms with Crippen LogP contribution in [-0.4, -0.2) is 26.8 Å². The Bertz CT molecular complexity index is 603. The number of fused-ring (bicyclic) bond motifs is 1. The molecule has 3 rings (SSSR count). The number of benzene rings is 2. The Morgan fingerprint density at radius 1 is 1.05 bits per heavy atom. The largest absolute Gasteiger partial charge is 0.454 e. The average molecular weight is 300 g/mol. The number of hydrogen-bond donors (Lipinski definition) is 0. The van der Waals surface area contributed by atoms with Gasteiger partial charge in [-0.25, -0.2) is 0 Å². The lowest BCUT2D eigenvalue weighted by Gasteiger charge is -2.04. The number of ether oxygens (including phenoxy) is 3. The van der Waals surface area contributed by atoms with Gasteiger partial charge in [-0.15, -0.1) is 0 Å². The Morgan fingerprint density at radius 3 is 2.32 bits per heavy atom. The highest BCUT2D eigenvalue weighted by Gasteiger charge is 2.13. The molecule has 1 aliphatic heterocycles. The molecule has 1 aliphatic rings. The normalized spacial score (nSPS) is 11.5. The Morgan fingerprint density at radius 2 is 1.68 bits per heavy atom. The van der Waals surface area contributed by atoms with E-state index in [9.17, 15) is 4.79 Å². The van der Waals surface area contributed by atoms with E-state index in [-0.39, 0.29) is 6.79 Å². The first-order chi connectivity index (χ1) is 10.8. The van der Waals surface area contributed by atoms with E-state index in [2.05, 4.69) is 4.74 Å². The van der Waals surface area contributed by atoms with Crippen LogP contribution >= 0.6 is 0 Å². The van der Waals surface area contributed by atoms with Gasteiger partial charge in [0.25, 0.3) is 0 Å². The number of methoxy groups -OCH3 is 1. The van der Waals surface area contributed by atoms with Crippen LogP contribution < -0.4 is 9.47 Å². The molecule has 4 heteroatoms. The van der Waals surface area contributed by atoms with Gasteiger partial charge in [-0.2, -0.15) is 0 Å². The standard InChI is InChI=1S/C15H12O3.C3H8O/c16-8-7-11-1-3-12(4-2-11)13-5-6-14-15(9-13)18-10-17-14;1-3-4-2/h1-6,8-9H,7,10H2;3H2,1-2H3. The summed E-state index contributed by atoms with van der Waals surface area (Å²) < 4.78 is 15.2. The van der Waals surface area contributed by atoms with Crippen molar-refractivity contribution in [1.82, 2.24) is 0 Å². The molecule has 0 saturated heterocycles. The molecule has 1 heterocycles. The second-order valence-electron chi connectivity index (χ2n) is 4.71. The summed E-state index contributed by atoms with van der Waals surface area (Å²) in [7, 11) is 1.68. The van der Waals surface area contributed by atoms with Gasteiger partial charge in [0, 0.05) is 20.1 Å². The average Bonchev–Trinajstić information content (AvgIpc) is 3.04. The van der Waals surface area contributed by atoms with Crippen molar-refractivity contribution in [2.45, 2.75) is 13.3 Å². The van der Waals surface area contributed by atoms with Crippen LogP contribution in [0.2, 0.25) is 0 Å². The Kier molecular flexibility index (Phi) is 5.98. The topological polar surface area (TPSA) is 44.8 Å². The minimum Gasteiger partial charge on any atom is -0.454 e. The van der Waals surface area contributed by atoms with E-state index in [1.54, 1.807) is 7.11 Å². The second-order valence-corrected chi connectivity index (χ2v) is 4.71. The summed E-state index contributed by atoms with van der Waals surface area (Å²) >= 11 is 0. The predicted octanol–water partition coefficient (Wildman–Crippen LogP) is 3.48. The molecule has 0 unspecified atom stereocenters. The van der Waals surface area contributed by atoms with Gasteiger partial charge >= 0.3 is 0 Å². The summed E-state index contributed by atoms with van der Waals surface area (Å²) in [5.74, 6) is 1.57. The lowest BCUT2D eigenvalue weighted by molar-refractivity contribution is -0.107. The first-order valence-electron chi connectivity index (χ1n) is 7.20. The zero-order valence-electron chi connectivity index (χ0n) is 12.9. The third-order valence-electron chi connectivity index (χ3n) is 3.27. The molecule has 0 atom stereocenters. The van der Waals surface area contributed by atoms with Gasteiger partial charge in [0.05, 0.1) is 0 Å². The van der Waals surface area contributed by atoms with Gasteiger partial charge in [-0.3, -0.25) is 0 Å². The molecule has 0 saturated carbocycles. The van der Waals surface area contributed by atoms with Gasteiger partial charge < -0.3 is 19.0 Å². The van der Waals surface area contributed by atoms with Crippen molar-refractivity contribution >= 4 is 6.29 Å². The first kappa shape index (κ1) is 16.0. The fourth-order valence-corrected chi connectivity index (χ4v) is 2.01. The van der Waals surface area contributed by atoms with E-state index in [0.29, 0.717) is 6.42 Å². The minimum atomic E-state index is 0.289. The highest BCUT2D eigenvalue weighted by Crippen LogP contribution is 2.35. The molecule has 22 heavy (non-hydrogen) atoms. The van der Waals surface area contributed by atoms with E-state index in [1.807, 2.05) is 49.4 Å². The predicted molar refractivity (Wildman–Crippen MR) is 85.3 cm³/mol. The van der Waals surface area contributed by atoms with Crippen molar-refractivity contribution in [3.63, 3.8) is 0 Å². The maximum absolute atomic E-state index is 10.4. The Labute approximate surface area is 130 Å². The van der Waals surface area contributed by atoms with E-state index >= 15 is 0 Å². The van der Waals surface area contributed by atoms with E-state index in [4.69, 9.17) is 9.47 Å². The molecule has 0 amide bonds. The summed E-state index contributed by atoms with van der Waals surface area (Å²) in [5, 5.41) is 0. The molecule has 0 aromatic heterocycles. The fourth-order valence-electron chi connectivity index (χ4n) is 2.01. The summed E-state index contributed by atoms with van der Waals surface area (Å²) in [6, 6.07) is 13.8. The molecule has 0 aliphatic carbocycles. The third-order valence-corrected chi connectivity index (χ3v) is 3.27. The van der Waals surface area contributed by atoms with Crippen molar-refractivity contribution in [3.05, 3.63) is 48.0 Å². The zero-order chi connectivity index (χ0) is 15.8. The summed E-state index contributed by atoms with van der Waals surface area (Å²) in [5.41, 5.74) is 3.20. The number of hydrogen-bond acceptors (Lipinski definition) is 4. The molecule has 4 nitrogen and oxygen atoms in total. The van der Waals surface area contributed by atoms with E-state index in [0.717, 1.165) is 41.1 Å². The van der Waals surface area contributed by atoms with Crippen molar-refractivity contribution < 1.29 is 19.0 Å². The third kappa shape index (κ3) is 4.09.